The van der Waals surface area contributed by atoms with Crippen molar-refractivity contribution in [3.05, 3.63) is 11.6 Å². The Morgan fingerprint density at radius 1 is 1.06 bits per heavy atom. The van der Waals surface area contributed by atoms with E-state index in [1.807, 2.05) is 0 Å². The van der Waals surface area contributed by atoms with Crippen LogP contribution in [0.5, 0.6) is 0 Å². The average Bonchev–Trinajstić information content (AvgIpc) is 2.65. The van der Waals surface area contributed by atoms with Crippen molar-refractivity contribution < 1.29 is 19.2 Å². The van der Waals surface area contributed by atoms with E-state index in [1.165, 1.54) is 13.0 Å². The summed E-state index contributed by atoms with van der Waals surface area (Å²) in [5, 5.41) is 0. The minimum atomic E-state index is -0.477. The zero-order valence-electron chi connectivity index (χ0n) is 8.73. The molecule has 6 heteroatoms. The van der Waals surface area contributed by atoms with Crippen LogP contribution in [0, 0.1) is 0 Å². The van der Waals surface area contributed by atoms with E-state index in [1.54, 1.807) is 0 Å². The van der Waals surface area contributed by atoms with Crippen LogP contribution < -0.4 is 0 Å². The Kier molecular flexibility index (Phi) is 2.34. The highest BCUT2D eigenvalue weighted by atomic mass is 16.2. The van der Waals surface area contributed by atoms with Gasteiger partial charge in [0.25, 0.3) is 11.8 Å². The van der Waals surface area contributed by atoms with Gasteiger partial charge >= 0.3 is 0 Å². The van der Waals surface area contributed by atoms with Gasteiger partial charge in [0, 0.05) is 24.5 Å². The minimum absolute atomic E-state index is 0.154. The van der Waals surface area contributed by atoms with E-state index in [0.717, 1.165) is 9.80 Å². The van der Waals surface area contributed by atoms with Crippen LogP contribution in [-0.2, 0) is 19.2 Å². The van der Waals surface area contributed by atoms with Crippen LogP contribution >= 0.6 is 0 Å². The second-order valence-corrected chi connectivity index (χ2v) is 3.76. The predicted molar refractivity (Wildman–Crippen MR) is 51.6 cm³/mol. The van der Waals surface area contributed by atoms with Crippen LogP contribution in [0.4, 0.5) is 0 Å². The van der Waals surface area contributed by atoms with Gasteiger partial charge in [-0.15, -0.1) is 0 Å². The van der Waals surface area contributed by atoms with E-state index in [2.05, 4.69) is 0 Å². The van der Waals surface area contributed by atoms with Gasteiger partial charge < -0.3 is 0 Å². The zero-order chi connectivity index (χ0) is 11.9. The van der Waals surface area contributed by atoms with Crippen molar-refractivity contribution in [2.75, 3.05) is 6.67 Å². The van der Waals surface area contributed by atoms with Crippen molar-refractivity contribution in [1.82, 2.24) is 9.80 Å². The fourth-order valence-electron chi connectivity index (χ4n) is 1.69. The smallest absolute Gasteiger partial charge is 0.258 e. The van der Waals surface area contributed by atoms with Crippen LogP contribution in [-0.4, -0.2) is 40.1 Å². The maximum Gasteiger partial charge on any atom is 0.258 e. The zero-order valence-corrected chi connectivity index (χ0v) is 8.73. The SMILES string of the molecule is CC1=CC(=O)N(CN2C(=O)CCC2=O)C1=O. The van der Waals surface area contributed by atoms with E-state index < -0.39 is 11.8 Å². The molecule has 1 saturated heterocycles. The third-order valence-electron chi connectivity index (χ3n) is 2.63. The number of likely N-dealkylation sites (tertiary alicyclic amines) is 1. The van der Waals surface area contributed by atoms with Gasteiger partial charge in [0.15, 0.2) is 0 Å². The molecule has 0 bridgehead atoms. The first-order chi connectivity index (χ1) is 7.50. The third-order valence-corrected chi connectivity index (χ3v) is 2.63. The Hall–Kier alpha value is -1.98. The standard InChI is InChI=1S/C10H10N2O4/c1-6-4-9(15)12(10(6)16)5-11-7(13)2-3-8(11)14/h4H,2-3,5H2,1H3. The lowest BCUT2D eigenvalue weighted by Gasteiger charge is -2.20. The summed E-state index contributed by atoms with van der Waals surface area (Å²) in [6.45, 7) is 1.26. The molecule has 6 nitrogen and oxygen atoms in total. The normalized spacial score (nSPS) is 21.2. The van der Waals surface area contributed by atoms with Crippen LogP contribution in [0.15, 0.2) is 11.6 Å². The first-order valence-electron chi connectivity index (χ1n) is 4.88. The Balaban J connectivity index is 2.12. The topological polar surface area (TPSA) is 74.8 Å². The Bertz CT molecular complexity index is 422. The molecule has 84 valence electrons. The molecule has 2 heterocycles. The molecule has 1 fully saturated rings. The first-order valence-corrected chi connectivity index (χ1v) is 4.88. The highest BCUT2D eigenvalue weighted by molar-refractivity contribution is 6.16. The number of amides is 4. The van der Waals surface area contributed by atoms with Crippen molar-refractivity contribution in [3.63, 3.8) is 0 Å². The fourth-order valence-corrected chi connectivity index (χ4v) is 1.69. The summed E-state index contributed by atoms with van der Waals surface area (Å²) in [6.07, 6.45) is 1.51. The van der Waals surface area contributed by atoms with Gasteiger partial charge in [-0.2, -0.15) is 0 Å². The molecule has 16 heavy (non-hydrogen) atoms. The Morgan fingerprint density at radius 2 is 1.62 bits per heavy atom. The van der Waals surface area contributed by atoms with Crippen LogP contribution in [0.2, 0.25) is 0 Å². The van der Waals surface area contributed by atoms with Gasteiger partial charge in [-0.1, -0.05) is 0 Å². The van der Waals surface area contributed by atoms with Crippen molar-refractivity contribution in [1.29, 1.82) is 0 Å². The molecule has 4 amide bonds. The molecular formula is C10H10N2O4. The number of carbonyl (C=O) groups is 4. The molecular weight excluding hydrogens is 212 g/mol. The predicted octanol–water partition coefficient (Wildman–Crippen LogP) is -0.592. The van der Waals surface area contributed by atoms with E-state index in [9.17, 15) is 19.2 Å². The van der Waals surface area contributed by atoms with Crippen molar-refractivity contribution in [3.8, 4) is 0 Å². The van der Waals surface area contributed by atoms with Gasteiger partial charge in [-0.3, -0.25) is 29.0 Å². The molecule has 0 aliphatic carbocycles. The lowest BCUT2D eigenvalue weighted by atomic mass is 10.3. The number of carbonyl (C=O) groups excluding carboxylic acids is 4. The highest BCUT2D eigenvalue weighted by Gasteiger charge is 2.36. The number of nitrogens with zero attached hydrogens (tertiary/aromatic N) is 2. The Labute approximate surface area is 91.5 Å². The molecule has 0 aromatic heterocycles. The molecule has 2 aliphatic heterocycles. The molecule has 0 unspecified atom stereocenters. The summed E-state index contributed by atoms with van der Waals surface area (Å²) < 4.78 is 0. The van der Waals surface area contributed by atoms with Gasteiger partial charge in [0.2, 0.25) is 11.8 Å². The molecule has 0 saturated carbocycles. The number of imide groups is 2. The van der Waals surface area contributed by atoms with Crippen LogP contribution in [0.3, 0.4) is 0 Å². The van der Waals surface area contributed by atoms with E-state index in [-0.39, 0.29) is 31.3 Å². The lowest BCUT2D eigenvalue weighted by Crippen LogP contribution is -2.44. The monoisotopic (exact) mass is 222 g/mol. The number of hydrogen-bond acceptors (Lipinski definition) is 4. The van der Waals surface area contributed by atoms with E-state index in [0.29, 0.717) is 5.57 Å². The fraction of sp³-hybridized carbons (Fsp3) is 0.400. The number of rotatable bonds is 2. The van der Waals surface area contributed by atoms with Gasteiger partial charge in [0.1, 0.15) is 6.67 Å². The van der Waals surface area contributed by atoms with Crippen LogP contribution in [0.25, 0.3) is 0 Å². The quantitative estimate of drug-likeness (QED) is 0.585. The Morgan fingerprint density at radius 3 is 2.06 bits per heavy atom. The van der Waals surface area contributed by atoms with Gasteiger partial charge in [-0.25, -0.2) is 0 Å². The molecule has 0 N–H and O–H groups in total. The maximum atomic E-state index is 11.5. The summed E-state index contributed by atoms with van der Waals surface area (Å²) in [5.41, 5.74) is 0.323. The van der Waals surface area contributed by atoms with Crippen molar-refractivity contribution in [2.45, 2.75) is 19.8 Å². The summed E-state index contributed by atoms with van der Waals surface area (Å²) >= 11 is 0. The summed E-state index contributed by atoms with van der Waals surface area (Å²) in [5.74, 6) is -1.60. The van der Waals surface area contributed by atoms with Crippen LogP contribution in [0.1, 0.15) is 19.8 Å². The summed E-state index contributed by atoms with van der Waals surface area (Å²) in [6, 6.07) is 0. The maximum absolute atomic E-state index is 11.5. The van der Waals surface area contributed by atoms with E-state index >= 15 is 0 Å². The minimum Gasteiger partial charge on any atom is -0.274 e. The first kappa shape index (κ1) is 10.5. The average molecular weight is 222 g/mol. The largest absolute Gasteiger partial charge is 0.274 e. The molecule has 0 aromatic rings. The van der Waals surface area contributed by atoms with E-state index in [4.69, 9.17) is 0 Å². The molecule has 0 atom stereocenters. The molecule has 2 rings (SSSR count). The second kappa shape index (κ2) is 3.55. The van der Waals surface area contributed by atoms with Crippen molar-refractivity contribution in [2.24, 2.45) is 0 Å². The molecule has 0 spiro atoms. The molecule has 2 aliphatic rings. The lowest BCUT2D eigenvalue weighted by molar-refractivity contribution is -0.146. The van der Waals surface area contributed by atoms with Crippen molar-refractivity contribution >= 4 is 23.6 Å². The van der Waals surface area contributed by atoms with Gasteiger partial charge in [0.05, 0.1) is 0 Å². The van der Waals surface area contributed by atoms with Gasteiger partial charge in [-0.05, 0) is 6.92 Å². The molecule has 0 aromatic carbocycles. The second-order valence-electron chi connectivity index (χ2n) is 3.76. The molecule has 0 radical (unpaired) electrons. The summed E-state index contributed by atoms with van der Waals surface area (Å²) in [7, 11) is 0. The summed E-state index contributed by atoms with van der Waals surface area (Å²) in [4.78, 5) is 47.3. The highest BCUT2D eigenvalue weighted by Crippen LogP contribution is 2.17. The number of hydrogen-bond donors (Lipinski definition) is 0. The third kappa shape index (κ3) is 1.52.